The lowest BCUT2D eigenvalue weighted by Gasteiger charge is -2.28. The summed E-state index contributed by atoms with van der Waals surface area (Å²) in [7, 11) is 1.55. The van der Waals surface area contributed by atoms with E-state index in [-0.39, 0.29) is 24.3 Å². The van der Waals surface area contributed by atoms with Gasteiger partial charge in [0.1, 0.15) is 11.8 Å². The first-order chi connectivity index (χ1) is 12.2. The first-order valence-electron chi connectivity index (χ1n) is 8.65. The maximum atomic E-state index is 12.9. The number of likely N-dealkylation sites (tertiary alicyclic amines) is 1. The molecule has 1 aliphatic rings. The molecular formula is C19H26N2O5. The fourth-order valence-electron chi connectivity index (χ4n) is 3.00. The van der Waals surface area contributed by atoms with Crippen LogP contribution < -0.4 is 10.1 Å². The average Bonchev–Trinajstić information content (AvgIpc) is 3.02. The van der Waals surface area contributed by atoms with Crippen molar-refractivity contribution in [2.45, 2.75) is 33.2 Å². The van der Waals surface area contributed by atoms with Crippen molar-refractivity contribution in [2.24, 2.45) is 11.3 Å². The summed E-state index contributed by atoms with van der Waals surface area (Å²) in [6.07, 6.45) is 0.408. The van der Waals surface area contributed by atoms with Crippen LogP contribution in [-0.4, -0.2) is 54.0 Å². The van der Waals surface area contributed by atoms with E-state index in [0.717, 1.165) is 0 Å². The summed E-state index contributed by atoms with van der Waals surface area (Å²) in [4.78, 5) is 38.3. The normalized spacial score (nSPS) is 20.7. The molecule has 142 valence electrons. The van der Waals surface area contributed by atoms with E-state index in [1.54, 1.807) is 38.3 Å². The number of carbonyl (C=O) groups excluding carboxylic acids is 2. The van der Waals surface area contributed by atoms with Gasteiger partial charge in [0.05, 0.1) is 12.5 Å². The van der Waals surface area contributed by atoms with Gasteiger partial charge in [-0.25, -0.2) is 0 Å². The number of nitrogens with one attached hydrogen (secondary N) is 1. The van der Waals surface area contributed by atoms with Crippen molar-refractivity contribution in [3.63, 3.8) is 0 Å². The van der Waals surface area contributed by atoms with Crippen LogP contribution in [0.5, 0.6) is 5.75 Å². The standard InChI is InChI=1S/C19H26N2O5/c1-12(2)15(17(23)21-10-9-19(3,11-21)18(24)25)20-16(22)13-5-7-14(26-4)8-6-13/h5-8,12,15H,9-11H2,1-4H3,(H,20,22)(H,24,25). The van der Waals surface area contributed by atoms with Gasteiger partial charge in [0.25, 0.3) is 5.91 Å². The predicted molar refractivity (Wildman–Crippen MR) is 96.0 cm³/mol. The molecule has 0 bridgehead atoms. The highest BCUT2D eigenvalue weighted by Gasteiger charge is 2.43. The zero-order chi connectivity index (χ0) is 19.5. The summed E-state index contributed by atoms with van der Waals surface area (Å²) in [6, 6.07) is 5.92. The van der Waals surface area contributed by atoms with E-state index >= 15 is 0 Å². The Balaban J connectivity index is 2.09. The van der Waals surface area contributed by atoms with Gasteiger partial charge in [-0.15, -0.1) is 0 Å². The highest BCUT2D eigenvalue weighted by Crippen LogP contribution is 2.30. The number of ether oxygens (including phenoxy) is 1. The minimum Gasteiger partial charge on any atom is -0.497 e. The number of amides is 2. The fraction of sp³-hybridized carbons (Fsp3) is 0.526. The molecule has 26 heavy (non-hydrogen) atoms. The van der Waals surface area contributed by atoms with E-state index in [4.69, 9.17) is 4.74 Å². The van der Waals surface area contributed by atoms with E-state index in [9.17, 15) is 19.5 Å². The number of benzene rings is 1. The molecule has 0 radical (unpaired) electrons. The average molecular weight is 362 g/mol. The third kappa shape index (κ3) is 4.15. The lowest BCUT2D eigenvalue weighted by atomic mass is 9.90. The Morgan fingerprint density at radius 1 is 1.23 bits per heavy atom. The third-order valence-corrected chi connectivity index (χ3v) is 4.87. The van der Waals surface area contributed by atoms with Crippen LogP contribution in [0.1, 0.15) is 37.6 Å². The van der Waals surface area contributed by atoms with Gasteiger partial charge in [-0.3, -0.25) is 14.4 Å². The smallest absolute Gasteiger partial charge is 0.311 e. The second kappa shape index (κ2) is 7.76. The first-order valence-corrected chi connectivity index (χ1v) is 8.65. The van der Waals surface area contributed by atoms with E-state index in [1.165, 1.54) is 4.90 Å². The van der Waals surface area contributed by atoms with Gasteiger partial charge in [-0.2, -0.15) is 0 Å². The van der Waals surface area contributed by atoms with E-state index in [1.807, 2.05) is 13.8 Å². The number of hydrogen-bond donors (Lipinski definition) is 2. The summed E-state index contributed by atoms with van der Waals surface area (Å²) < 4.78 is 5.07. The molecule has 1 saturated heterocycles. The summed E-state index contributed by atoms with van der Waals surface area (Å²) in [6.45, 7) is 5.88. The highest BCUT2D eigenvalue weighted by atomic mass is 16.5. The first kappa shape index (κ1) is 19.8. The van der Waals surface area contributed by atoms with Crippen molar-refractivity contribution in [2.75, 3.05) is 20.2 Å². The number of carbonyl (C=O) groups is 3. The molecule has 7 heteroatoms. The molecule has 1 aliphatic heterocycles. The molecule has 2 unspecified atom stereocenters. The number of carboxylic acids is 1. The van der Waals surface area contributed by atoms with Crippen LogP contribution in [0.2, 0.25) is 0 Å². The Kier molecular flexibility index (Phi) is 5.90. The molecule has 0 saturated carbocycles. The van der Waals surface area contributed by atoms with Crippen molar-refractivity contribution in [3.8, 4) is 5.75 Å². The van der Waals surface area contributed by atoms with E-state index in [0.29, 0.717) is 24.3 Å². The van der Waals surface area contributed by atoms with Crippen LogP contribution >= 0.6 is 0 Å². The van der Waals surface area contributed by atoms with Crippen molar-refractivity contribution in [1.29, 1.82) is 0 Å². The van der Waals surface area contributed by atoms with Crippen molar-refractivity contribution in [3.05, 3.63) is 29.8 Å². The van der Waals surface area contributed by atoms with Crippen LogP contribution in [-0.2, 0) is 9.59 Å². The minimum atomic E-state index is -0.933. The predicted octanol–water partition coefficient (Wildman–Crippen LogP) is 1.77. The van der Waals surface area contributed by atoms with Gasteiger partial charge in [-0.05, 0) is 43.5 Å². The number of hydrogen-bond acceptors (Lipinski definition) is 4. The molecule has 1 fully saturated rings. The molecular weight excluding hydrogens is 336 g/mol. The molecule has 0 aliphatic carbocycles. The Morgan fingerprint density at radius 3 is 2.31 bits per heavy atom. The summed E-state index contributed by atoms with van der Waals surface area (Å²) in [5.41, 5.74) is -0.502. The van der Waals surface area contributed by atoms with Crippen molar-refractivity contribution < 1.29 is 24.2 Å². The lowest BCUT2D eigenvalue weighted by Crippen LogP contribution is -2.51. The minimum absolute atomic E-state index is 0.124. The van der Waals surface area contributed by atoms with Gasteiger partial charge in [-0.1, -0.05) is 13.8 Å². The Hall–Kier alpha value is -2.57. The maximum Gasteiger partial charge on any atom is 0.311 e. The third-order valence-electron chi connectivity index (χ3n) is 4.87. The molecule has 2 amide bonds. The lowest BCUT2D eigenvalue weighted by molar-refractivity contribution is -0.147. The molecule has 2 N–H and O–H groups in total. The SMILES string of the molecule is COc1ccc(C(=O)NC(C(=O)N2CCC(C)(C(=O)O)C2)C(C)C)cc1. The van der Waals surface area contributed by atoms with Gasteiger partial charge >= 0.3 is 5.97 Å². The summed E-state index contributed by atoms with van der Waals surface area (Å²) >= 11 is 0. The van der Waals surface area contributed by atoms with Crippen LogP contribution in [0.15, 0.2) is 24.3 Å². The highest BCUT2D eigenvalue weighted by molar-refractivity contribution is 5.97. The molecule has 1 heterocycles. The molecule has 7 nitrogen and oxygen atoms in total. The number of methoxy groups -OCH3 is 1. The van der Waals surface area contributed by atoms with Gasteiger partial charge < -0.3 is 20.1 Å². The van der Waals surface area contributed by atoms with Crippen LogP contribution in [0.3, 0.4) is 0 Å². The molecule has 2 rings (SSSR count). The van der Waals surface area contributed by atoms with E-state index < -0.39 is 17.4 Å². The van der Waals surface area contributed by atoms with Gasteiger partial charge in [0.2, 0.25) is 5.91 Å². The Bertz CT molecular complexity index is 686. The van der Waals surface area contributed by atoms with Gasteiger partial charge in [0, 0.05) is 18.7 Å². The largest absolute Gasteiger partial charge is 0.497 e. The topological polar surface area (TPSA) is 95.9 Å². The molecule has 1 aromatic rings. The quantitative estimate of drug-likeness (QED) is 0.804. The summed E-state index contributed by atoms with van der Waals surface area (Å²) in [5, 5.41) is 12.1. The Morgan fingerprint density at radius 2 is 1.85 bits per heavy atom. The fourth-order valence-corrected chi connectivity index (χ4v) is 3.00. The van der Waals surface area contributed by atoms with Crippen LogP contribution in [0.25, 0.3) is 0 Å². The van der Waals surface area contributed by atoms with Crippen LogP contribution in [0.4, 0.5) is 0 Å². The molecule has 1 aromatic carbocycles. The summed E-state index contributed by atoms with van der Waals surface area (Å²) in [5.74, 6) is -0.979. The second-order valence-electron chi connectivity index (χ2n) is 7.30. The molecule has 0 spiro atoms. The zero-order valence-electron chi connectivity index (χ0n) is 15.6. The van der Waals surface area contributed by atoms with Crippen molar-refractivity contribution in [1.82, 2.24) is 10.2 Å². The number of carboxylic acid groups (broad SMARTS) is 1. The second-order valence-corrected chi connectivity index (χ2v) is 7.30. The number of aliphatic carboxylic acids is 1. The molecule has 2 atom stereocenters. The number of rotatable bonds is 6. The Labute approximate surface area is 153 Å². The van der Waals surface area contributed by atoms with Gasteiger partial charge in [0.15, 0.2) is 0 Å². The molecule has 0 aromatic heterocycles. The van der Waals surface area contributed by atoms with Crippen molar-refractivity contribution >= 4 is 17.8 Å². The monoisotopic (exact) mass is 362 g/mol. The number of nitrogens with zero attached hydrogens (tertiary/aromatic N) is 1. The zero-order valence-corrected chi connectivity index (χ0v) is 15.6. The maximum absolute atomic E-state index is 12.9. The van der Waals surface area contributed by atoms with Crippen LogP contribution in [0, 0.1) is 11.3 Å². The van der Waals surface area contributed by atoms with E-state index in [2.05, 4.69) is 5.32 Å².